The molecule has 2 aromatic heterocycles. The summed E-state index contributed by atoms with van der Waals surface area (Å²) in [7, 11) is 0. The summed E-state index contributed by atoms with van der Waals surface area (Å²) in [6.07, 6.45) is 3.37. The summed E-state index contributed by atoms with van der Waals surface area (Å²) >= 11 is 0. The molecule has 0 fully saturated rings. The molecule has 3 rings (SSSR count). The molecule has 0 bridgehead atoms. The van der Waals surface area contributed by atoms with Gasteiger partial charge in [-0.15, -0.1) is 0 Å². The predicted molar refractivity (Wildman–Crippen MR) is 79.0 cm³/mol. The molecule has 3 aromatic rings. The number of hydrogen-bond acceptors (Lipinski definition) is 4. The van der Waals surface area contributed by atoms with Crippen LogP contribution in [0.25, 0.3) is 11.1 Å². The van der Waals surface area contributed by atoms with Gasteiger partial charge in [-0.2, -0.15) is 0 Å². The standard InChI is InChI=1S/C16H15N3O2/c1-11-15(12(2)21-18-11)14-8-17-16(20)19(10-14)9-13-6-4-3-5-7-13/h3-8,10H,9H2,1-2H3. The molecular formula is C16H15N3O2. The fourth-order valence-corrected chi connectivity index (χ4v) is 2.37. The monoisotopic (exact) mass is 281 g/mol. The molecule has 1 aromatic carbocycles. The molecule has 0 saturated heterocycles. The number of hydrogen-bond donors (Lipinski definition) is 0. The van der Waals surface area contributed by atoms with Crippen molar-refractivity contribution in [3.8, 4) is 11.1 Å². The highest BCUT2D eigenvalue weighted by molar-refractivity contribution is 5.65. The van der Waals surface area contributed by atoms with Crippen LogP contribution in [0, 0.1) is 13.8 Å². The Morgan fingerprint density at radius 1 is 1.19 bits per heavy atom. The summed E-state index contributed by atoms with van der Waals surface area (Å²) in [5.74, 6) is 0.721. The molecule has 0 saturated carbocycles. The minimum Gasteiger partial charge on any atom is -0.361 e. The number of benzene rings is 1. The van der Waals surface area contributed by atoms with Crippen molar-refractivity contribution in [2.75, 3.05) is 0 Å². The van der Waals surface area contributed by atoms with Gasteiger partial charge in [-0.3, -0.25) is 4.57 Å². The largest absolute Gasteiger partial charge is 0.361 e. The van der Waals surface area contributed by atoms with E-state index in [1.807, 2.05) is 44.2 Å². The third kappa shape index (κ3) is 2.63. The van der Waals surface area contributed by atoms with Crippen LogP contribution in [0.2, 0.25) is 0 Å². The van der Waals surface area contributed by atoms with Gasteiger partial charge in [0.1, 0.15) is 5.76 Å². The van der Waals surface area contributed by atoms with Gasteiger partial charge in [-0.25, -0.2) is 9.78 Å². The number of rotatable bonds is 3. The zero-order valence-corrected chi connectivity index (χ0v) is 11.9. The van der Waals surface area contributed by atoms with Gasteiger partial charge in [0, 0.05) is 18.0 Å². The molecule has 0 radical (unpaired) electrons. The van der Waals surface area contributed by atoms with E-state index in [1.165, 1.54) is 0 Å². The van der Waals surface area contributed by atoms with Gasteiger partial charge < -0.3 is 4.52 Å². The van der Waals surface area contributed by atoms with E-state index in [9.17, 15) is 4.79 Å². The van der Waals surface area contributed by atoms with Crippen molar-refractivity contribution >= 4 is 0 Å². The molecule has 0 aliphatic carbocycles. The van der Waals surface area contributed by atoms with Crippen molar-refractivity contribution in [3.05, 3.63) is 70.2 Å². The molecule has 0 aliphatic heterocycles. The highest BCUT2D eigenvalue weighted by Crippen LogP contribution is 2.25. The van der Waals surface area contributed by atoms with E-state index in [1.54, 1.807) is 17.0 Å². The third-order valence-corrected chi connectivity index (χ3v) is 3.37. The number of nitrogens with zero attached hydrogens (tertiary/aromatic N) is 3. The van der Waals surface area contributed by atoms with Crippen LogP contribution in [0.3, 0.4) is 0 Å². The quantitative estimate of drug-likeness (QED) is 0.740. The SMILES string of the molecule is Cc1noc(C)c1-c1cnc(=O)n(Cc2ccccc2)c1. The second-order valence-electron chi connectivity index (χ2n) is 4.94. The molecule has 5 heteroatoms. The van der Waals surface area contributed by atoms with Crippen molar-refractivity contribution in [1.82, 2.24) is 14.7 Å². The Hall–Kier alpha value is -2.69. The van der Waals surface area contributed by atoms with E-state index in [-0.39, 0.29) is 5.69 Å². The van der Waals surface area contributed by atoms with Gasteiger partial charge in [0.05, 0.1) is 17.8 Å². The van der Waals surface area contributed by atoms with Crippen molar-refractivity contribution in [2.24, 2.45) is 0 Å². The fourth-order valence-electron chi connectivity index (χ4n) is 2.37. The normalized spacial score (nSPS) is 10.8. The first-order valence-corrected chi connectivity index (χ1v) is 6.69. The average molecular weight is 281 g/mol. The lowest BCUT2D eigenvalue weighted by molar-refractivity contribution is 0.393. The van der Waals surface area contributed by atoms with Crippen LogP contribution in [-0.2, 0) is 6.54 Å². The Balaban J connectivity index is 2.03. The van der Waals surface area contributed by atoms with Gasteiger partial charge >= 0.3 is 5.69 Å². The van der Waals surface area contributed by atoms with E-state index in [4.69, 9.17) is 4.52 Å². The molecule has 0 atom stereocenters. The first kappa shape index (κ1) is 13.3. The summed E-state index contributed by atoms with van der Waals surface area (Å²) in [6.45, 7) is 4.21. The lowest BCUT2D eigenvalue weighted by atomic mass is 10.1. The molecule has 0 N–H and O–H groups in total. The molecule has 21 heavy (non-hydrogen) atoms. The first-order chi connectivity index (χ1) is 10.1. The minimum absolute atomic E-state index is 0.269. The smallest absolute Gasteiger partial charge is 0.347 e. The summed E-state index contributed by atoms with van der Waals surface area (Å²) in [5, 5.41) is 3.94. The van der Waals surface area contributed by atoms with Crippen molar-refractivity contribution < 1.29 is 4.52 Å². The summed E-state index contributed by atoms with van der Waals surface area (Å²) in [5.41, 5.74) is 3.30. The van der Waals surface area contributed by atoms with Crippen LogP contribution in [0.15, 0.2) is 52.0 Å². The van der Waals surface area contributed by atoms with Crippen molar-refractivity contribution in [2.45, 2.75) is 20.4 Å². The number of aromatic nitrogens is 3. The molecule has 0 spiro atoms. The van der Waals surface area contributed by atoms with Gasteiger partial charge in [0.2, 0.25) is 0 Å². The highest BCUT2D eigenvalue weighted by Gasteiger charge is 2.13. The van der Waals surface area contributed by atoms with E-state index in [0.29, 0.717) is 6.54 Å². The second-order valence-corrected chi connectivity index (χ2v) is 4.94. The number of aryl methyl sites for hydroxylation is 2. The van der Waals surface area contributed by atoms with E-state index in [2.05, 4.69) is 10.1 Å². The Labute approximate surface area is 121 Å². The van der Waals surface area contributed by atoms with Crippen LogP contribution >= 0.6 is 0 Å². The molecule has 2 heterocycles. The van der Waals surface area contributed by atoms with Crippen molar-refractivity contribution in [1.29, 1.82) is 0 Å². The van der Waals surface area contributed by atoms with E-state index < -0.39 is 0 Å². The molecular weight excluding hydrogens is 266 g/mol. The lowest BCUT2D eigenvalue weighted by Gasteiger charge is -2.07. The molecule has 0 aliphatic rings. The summed E-state index contributed by atoms with van der Waals surface area (Å²) in [4.78, 5) is 15.9. The third-order valence-electron chi connectivity index (χ3n) is 3.37. The maximum Gasteiger partial charge on any atom is 0.347 e. The fraction of sp³-hybridized carbons (Fsp3) is 0.188. The summed E-state index contributed by atoms with van der Waals surface area (Å²) < 4.78 is 6.77. The van der Waals surface area contributed by atoms with Gasteiger partial charge in [-0.05, 0) is 19.4 Å². The molecule has 0 amide bonds. The van der Waals surface area contributed by atoms with Crippen LogP contribution in [0.4, 0.5) is 0 Å². The van der Waals surface area contributed by atoms with Gasteiger partial charge in [0.15, 0.2) is 0 Å². The van der Waals surface area contributed by atoms with Crippen LogP contribution in [0.5, 0.6) is 0 Å². The Morgan fingerprint density at radius 3 is 2.62 bits per heavy atom. The van der Waals surface area contributed by atoms with Crippen LogP contribution in [0.1, 0.15) is 17.0 Å². The Kier molecular flexibility index (Phi) is 3.39. The Bertz CT molecular complexity index is 800. The zero-order chi connectivity index (χ0) is 14.8. The van der Waals surface area contributed by atoms with E-state index in [0.717, 1.165) is 28.1 Å². The first-order valence-electron chi connectivity index (χ1n) is 6.69. The topological polar surface area (TPSA) is 60.9 Å². The maximum absolute atomic E-state index is 11.9. The van der Waals surface area contributed by atoms with Gasteiger partial charge in [0.25, 0.3) is 0 Å². The zero-order valence-electron chi connectivity index (χ0n) is 11.9. The second kappa shape index (κ2) is 5.36. The molecule has 5 nitrogen and oxygen atoms in total. The lowest BCUT2D eigenvalue weighted by Crippen LogP contribution is -2.22. The van der Waals surface area contributed by atoms with Gasteiger partial charge in [-0.1, -0.05) is 35.5 Å². The maximum atomic E-state index is 11.9. The van der Waals surface area contributed by atoms with Crippen LogP contribution < -0.4 is 5.69 Å². The minimum atomic E-state index is -0.269. The molecule has 106 valence electrons. The predicted octanol–water partition coefficient (Wildman–Crippen LogP) is 2.56. The average Bonchev–Trinajstić information content (AvgIpc) is 2.82. The van der Waals surface area contributed by atoms with E-state index >= 15 is 0 Å². The van der Waals surface area contributed by atoms with Crippen molar-refractivity contribution in [3.63, 3.8) is 0 Å². The summed E-state index contributed by atoms with van der Waals surface area (Å²) in [6, 6.07) is 9.81. The highest BCUT2D eigenvalue weighted by atomic mass is 16.5. The molecule has 0 unspecified atom stereocenters. The van der Waals surface area contributed by atoms with Crippen LogP contribution in [-0.4, -0.2) is 14.7 Å². The Morgan fingerprint density at radius 2 is 1.95 bits per heavy atom.